The van der Waals surface area contributed by atoms with Crippen molar-refractivity contribution in [2.24, 2.45) is 20.3 Å². The number of urea groups is 1. The number of fused-ring (bicyclic) bond motifs is 1. The van der Waals surface area contributed by atoms with Crippen LogP contribution in [0.1, 0.15) is 0 Å². The van der Waals surface area contributed by atoms with E-state index in [-0.39, 0.29) is 22.1 Å². The third-order valence-corrected chi connectivity index (χ3v) is 1.70. The molecule has 0 spiro atoms. The molecule has 1 aliphatic rings. The van der Waals surface area contributed by atoms with Gasteiger partial charge in [-0.1, -0.05) is 0 Å². The summed E-state index contributed by atoms with van der Waals surface area (Å²) in [4.78, 5) is 38.2. The summed E-state index contributed by atoms with van der Waals surface area (Å²) in [6.07, 6.45) is 0. The zero-order chi connectivity index (χ0) is 10.1. The first-order valence-corrected chi connectivity index (χ1v) is 3.57. The largest absolute Gasteiger partial charge is 0.368 e. The van der Waals surface area contributed by atoms with E-state index >= 15 is 0 Å². The molecule has 0 radical (unpaired) electrons. The van der Waals surface area contributed by atoms with Gasteiger partial charge in [-0.2, -0.15) is 9.98 Å². The average Bonchev–Trinajstić information content (AvgIpc) is 2.54. The quantitative estimate of drug-likeness (QED) is 0.646. The highest BCUT2D eigenvalue weighted by atomic mass is 16.3. The zero-order valence-electron chi connectivity index (χ0n) is 6.67. The molecule has 0 saturated carbocycles. The van der Waals surface area contributed by atoms with Crippen LogP contribution in [0.15, 0.2) is 32.5 Å². The lowest BCUT2D eigenvalue weighted by Gasteiger charge is -1.89. The smallest absolute Gasteiger partial charge is 0.244 e. The third-order valence-electron chi connectivity index (χ3n) is 1.70. The van der Waals surface area contributed by atoms with Crippen LogP contribution >= 0.6 is 0 Å². The molecule has 14 heavy (non-hydrogen) atoms. The Hall–Kier alpha value is -2.31. The van der Waals surface area contributed by atoms with Crippen molar-refractivity contribution in [2.45, 2.75) is 0 Å². The van der Waals surface area contributed by atoms with E-state index in [4.69, 9.17) is 0 Å². The van der Waals surface area contributed by atoms with E-state index in [2.05, 4.69) is 20.3 Å². The molecule has 1 aromatic carbocycles. The van der Waals surface area contributed by atoms with E-state index < -0.39 is 6.03 Å². The number of amides is 2. The molecule has 0 saturated heterocycles. The number of benzene rings is 1. The number of carbonyl (C=O) groups is 1. The minimum atomic E-state index is -0.667. The molecule has 7 nitrogen and oxygen atoms in total. The van der Waals surface area contributed by atoms with E-state index in [1.54, 1.807) is 0 Å². The summed E-state index contributed by atoms with van der Waals surface area (Å²) in [5, 5.41) is 5.64. The van der Waals surface area contributed by atoms with Crippen molar-refractivity contribution in [1.29, 1.82) is 0 Å². The highest BCUT2D eigenvalue weighted by Gasteiger charge is 2.10. The van der Waals surface area contributed by atoms with Crippen LogP contribution in [-0.2, 0) is 0 Å². The Morgan fingerprint density at radius 1 is 0.929 bits per heavy atom. The highest BCUT2D eigenvalue weighted by molar-refractivity contribution is 5.78. The van der Waals surface area contributed by atoms with Crippen LogP contribution in [0.5, 0.6) is 0 Å². The average molecular weight is 190 g/mol. The summed E-state index contributed by atoms with van der Waals surface area (Å²) < 4.78 is 0. The minimum absolute atomic E-state index is 0.146. The number of rotatable bonds is 2. The Balaban J connectivity index is 2.85. The number of nitrogens with zero attached hydrogens (tertiary/aromatic N) is 4. The molecule has 1 aromatic rings. The fourth-order valence-corrected chi connectivity index (χ4v) is 1.11. The van der Waals surface area contributed by atoms with Gasteiger partial charge in [-0.05, 0) is 22.5 Å². The predicted molar refractivity (Wildman–Crippen MR) is 45.1 cm³/mol. The number of hydrogen-bond donors (Lipinski definition) is 0. The molecule has 1 heterocycles. The zero-order valence-corrected chi connectivity index (χ0v) is 6.67. The SMILES string of the molecule is O=Nc1cc2c(cc1N=O)=NC(=O)N=2. The van der Waals surface area contributed by atoms with Crippen molar-refractivity contribution in [1.82, 2.24) is 0 Å². The maximum atomic E-state index is 10.7. The molecule has 7 heteroatoms. The van der Waals surface area contributed by atoms with Crippen molar-refractivity contribution >= 4 is 17.4 Å². The van der Waals surface area contributed by atoms with Crippen LogP contribution in [-0.4, -0.2) is 6.03 Å². The Bertz CT molecular complexity index is 514. The van der Waals surface area contributed by atoms with Gasteiger partial charge in [0.1, 0.15) is 11.4 Å². The van der Waals surface area contributed by atoms with E-state index in [9.17, 15) is 14.6 Å². The Morgan fingerprint density at radius 2 is 1.36 bits per heavy atom. The van der Waals surface area contributed by atoms with Crippen LogP contribution in [0.4, 0.5) is 16.2 Å². The van der Waals surface area contributed by atoms with E-state index in [0.29, 0.717) is 0 Å². The van der Waals surface area contributed by atoms with Crippen molar-refractivity contribution in [3.63, 3.8) is 0 Å². The molecule has 0 atom stereocenters. The molecular formula is C7H2N4O3. The molecule has 68 valence electrons. The normalized spacial score (nSPS) is 12.7. The molecule has 0 bridgehead atoms. The van der Waals surface area contributed by atoms with Gasteiger partial charge in [0.25, 0.3) is 0 Å². The van der Waals surface area contributed by atoms with Crippen molar-refractivity contribution in [3.05, 3.63) is 32.7 Å². The van der Waals surface area contributed by atoms with Crippen molar-refractivity contribution in [3.8, 4) is 0 Å². The highest BCUT2D eigenvalue weighted by Crippen LogP contribution is 2.23. The van der Waals surface area contributed by atoms with E-state index in [1.807, 2.05) is 0 Å². The minimum Gasteiger partial charge on any atom is -0.244 e. The summed E-state index contributed by atoms with van der Waals surface area (Å²) in [6, 6.07) is 1.74. The molecule has 0 fully saturated rings. The summed E-state index contributed by atoms with van der Waals surface area (Å²) in [7, 11) is 0. The fraction of sp³-hybridized carbons (Fsp3) is 0. The Morgan fingerprint density at radius 3 is 1.71 bits per heavy atom. The van der Waals surface area contributed by atoms with Crippen LogP contribution in [0.3, 0.4) is 0 Å². The van der Waals surface area contributed by atoms with Gasteiger partial charge in [0.05, 0.1) is 10.7 Å². The van der Waals surface area contributed by atoms with E-state index in [0.717, 1.165) is 0 Å². The molecule has 2 amide bonds. The lowest BCUT2D eigenvalue weighted by atomic mass is 10.2. The molecule has 0 aliphatic carbocycles. The first kappa shape index (κ1) is 8.30. The Labute approximate surface area is 76.1 Å². The summed E-state index contributed by atoms with van der Waals surface area (Å²) in [6.45, 7) is 0. The van der Waals surface area contributed by atoms with Crippen LogP contribution < -0.4 is 10.7 Å². The number of carbonyl (C=O) groups excluding carboxylic acids is 1. The monoisotopic (exact) mass is 190 g/mol. The first-order chi connectivity index (χ1) is 6.74. The van der Waals surface area contributed by atoms with Crippen molar-refractivity contribution in [2.75, 3.05) is 0 Å². The molecule has 1 aliphatic heterocycles. The van der Waals surface area contributed by atoms with Gasteiger partial charge in [0, 0.05) is 0 Å². The summed E-state index contributed by atoms with van der Waals surface area (Å²) >= 11 is 0. The predicted octanol–water partition coefficient (Wildman–Crippen LogP) is 0.855. The second kappa shape index (κ2) is 2.87. The van der Waals surface area contributed by atoms with Gasteiger partial charge in [-0.3, -0.25) is 0 Å². The van der Waals surface area contributed by atoms with Gasteiger partial charge >= 0.3 is 6.03 Å². The summed E-state index contributed by atoms with van der Waals surface area (Å²) in [5.41, 5.74) is -0.292. The topological polar surface area (TPSA) is 101 Å². The maximum Gasteiger partial charge on any atom is 0.368 e. The fourth-order valence-electron chi connectivity index (χ4n) is 1.11. The van der Waals surface area contributed by atoms with Gasteiger partial charge in [0.2, 0.25) is 0 Å². The van der Waals surface area contributed by atoms with Crippen LogP contribution in [0, 0.1) is 9.81 Å². The molecule has 0 aromatic heterocycles. The molecular weight excluding hydrogens is 188 g/mol. The Kier molecular flexibility index (Phi) is 1.70. The van der Waals surface area contributed by atoms with Crippen molar-refractivity contribution < 1.29 is 4.79 Å². The van der Waals surface area contributed by atoms with Crippen LogP contribution in [0.25, 0.3) is 0 Å². The van der Waals surface area contributed by atoms with Gasteiger partial charge in [0.15, 0.2) is 0 Å². The van der Waals surface area contributed by atoms with Gasteiger partial charge < -0.3 is 0 Å². The second-order valence-corrected chi connectivity index (χ2v) is 2.52. The first-order valence-electron chi connectivity index (χ1n) is 3.57. The third kappa shape index (κ3) is 1.11. The van der Waals surface area contributed by atoms with E-state index in [1.165, 1.54) is 12.1 Å². The maximum absolute atomic E-state index is 10.7. The lowest BCUT2D eigenvalue weighted by Crippen LogP contribution is -2.20. The van der Waals surface area contributed by atoms with Gasteiger partial charge in [-0.25, -0.2) is 4.79 Å². The van der Waals surface area contributed by atoms with Crippen LogP contribution in [0.2, 0.25) is 0 Å². The molecule has 2 rings (SSSR count). The number of hydrogen-bond acceptors (Lipinski definition) is 5. The second-order valence-electron chi connectivity index (χ2n) is 2.52. The summed E-state index contributed by atoms with van der Waals surface area (Å²) in [5.74, 6) is 0. The molecule has 0 unspecified atom stereocenters. The number of nitroso groups, excluding NO2 is 2. The van der Waals surface area contributed by atoms with Gasteiger partial charge in [-0.15, -0.1) is 9.81 Å². The lowest BCUT2D eigenvalue weighted by molar-refractivity contribution is 0.256. The molecule has 0 N–H and O–H groups in total. The standard InChI is InChI=1S/C7H2N4O3/c12-7-8-3-1-5(10-13)6(11-14)2-4(3)9-7/h1-2H.